The zero-order valence-corrected chi connectivity index (χ0v) is 15.6. The molecule has 2 heterocycles. The van der Waals surface area contributed by atoms with E-state index in [1.807, 2.05) is 4.90 Å². The van der Waals surface area contributed by atoms with Gasteiger partial charge in [-0.1, -0.05) is 11.6 Å². The zero-order chi connectivity index (χ0) is 19.2. The van der Waals surface area contributed by atoms with Crippen LogP contribution in [0.3, 0.4) is 0 Å². The SMILES string of the molecule is CCOC(=O)N1CCN(c2ncc(C(=O)Nc3ccc(Cl)cc3)cn2)CC1. The van der Waals surface area contributed by atoms with Crippen molar-refractivity contribution in [2.75, 3.05) is 43.0 Å². The standard InChI is InChI=1S/C18H20ClN5O3/c1-2-27-18(26)24-9-7-23(8-10-24)17-20-11-13(12-21-17)16(25)22-15-5-3-14(19)4-6-15/h3-6,11-12H,2,7-10H2,1H3,(H,22,25). The summed E-state index contributed by atoms with van der Waals surface area (Å²) in [6.07, 6.45) is 2.68. The molecule has 8 nitrogen and oxygen atoms in total. The lowest BCUT2D eigenvalue weighted by molar-refractivity contribution is 0.102. The Morgan fingerprint density at radius 1 is 1.11 bits per heavy atom. The summed E-state index contributed by atoms with van der Waals surface area (Å²) >= 11 is 5.83. The molecule has 0 bridgehead atoms. The second-order valence-corrected chi connectivity index (χ2v) is 6.34. The van der Waals surface area contributed by atoms with Gasteiger partial charge in [0.2, 0.25) is 5.95 Å². The van der Waals surface area contributed by atoms with E-state index in [9.17, 15) is 9.59 Å². The monoisotopic (exact) mass is 389 g/mol. The molecular formula is C18H20ClN5O3. The second kappa shape index (κ2) is 8.68. The van der Waals surface area contributed by atoms with Crippen LogP contribution in [0.5, 0.6) is 0 Å². The van der Waals surface area contributed by atoms with Gasteiger partial charge in [0, 0.05) is 49.3 Å². The van der Waals surface area contributed by atoms with Gasteiger partial charge < -0.3 is 19.9 Å². The van der Waals surface area contributed by atoms with Crippen molar-refractivity contribution in [2.24, 2.45) is 0 Å². The summed E-state index contributed by atoms with van der Waals surface area (Å²) in [7, 11) is 0. The number of piperazine rings is 1. The molecule has 3 rings (SSSR count). The van der Waals surface area contributed by atoms with E-state index >= 15 is 0 Å². The molecular weight excluding hydrogens is 370 g/mol. The van der Waals surface area contributed by atoms with Gasteiger partial charge >= 0.3 is 6.09 Å². The molecule has 0 aliphatic carbocycles. The van der Waals surface area contributed by atoms with Crippen LogP contribution in [0, 0.1) is 0 Å². The summed E-state index contributed by atoms with van der Waals surface area (Å²) in [4.78, 5) is 36.2. The fourth-order valence-electron chi connectivity index (χ4n) is 2.64. The molecule has 1 saturated heterocycles. The first kappa shape index (κ1) is 18.9. The number of halogens is 1. The number of nitrogens with one attached hydrogen (secondary N) is 1. The molecule has 1 aromatic carbocycles. The highest BCUT2D eigenvalue weighted by molar-refractivity contribution is 6.30. The highest BCUT2D eigenvalue weighted by Crippen LogP contribution is 2.15. The van der Waals surface area contributed by atoms with Crippen molar-refractivity contribution in [3.8, 4) is 0 Å². The van der Waals surface area contributed by atoms with E-state index in [1.54, 1.807) is 36.1 Å². The van der Waals surface area contributed by atoms with E-state index in [2.05, 4.69) is 15.3 Å². The molecule has 1 N–H and O–H groups in total. The molecule has 1 aromatic heterocycles. The van der Waals surface area contributed by atoms with Gasteiger partial charge in [-0.3, -0.25) is 4.79 Å². The predicted molar refractivity (Wildman–Crippen MR) is 102 cm³/mol. The van der Waals surface area contributed by atoms with Crippen LogP contribution < -0.4 is 10.2 Å². The molecule has 0 saturated carbocycles. The molecule has 9 heteroatoms. The third kappa shape index (κ3) is 4.85. The molecule has 1 aliphatic rings. The molecule has 1 aliphatic heterocycles. The molecule has 142 valence electrons. The summed E-state index contributed by atoms with van der Waals surface area (Å²) in [5.41, 5.74) is 1.00. The van der Waals surface area contributed by atoms with Crippen LogP contribution in [-0.4, -0.2) is 59.7 Å². The van der Waals surface area contributed by atoms with Gasteiger partial charge in [-0.25, -0.2) is 14.8 Å². The lowest BCUT2D eigenvalue weighted by Crippen LogP contribution is -2.49. The first-order chi connectivity index (χ1) is 13.1. The lowest BCUT2D eigenvalue weighted by atomic mass is 10.2. The summed E-state index contributed by atoms with van der Waals surface area (Å²) in [5, 5.41) is 3.37. The molecule has 27 heavy (non-hydrogen) atoms. The molecule has 2 amide bonds. The van der Waals surface area contributed by atoms with Gasteiger partial charge in [-0.15, -0.1) is 0 Å². The predicted octanol–water partition coefficient (Wildman–Crippen LogP) is 2.66. The fraction of sp³-hybridized carbons (Fsp3) is 0.333. The van der Waals surface area contributed by atoms with E-state index in [0.29, 0.717) is 55.0 Å². The van der Waals surface area contributed by atoms with Gasteiger partial charge in [0.25, 0.3) is 5.91 Å². The topological polar surface area (TPSA) is 87.7 Å². The van der Waals surface area contributed by atoms with E-state index < -0.39 is 0 Å². The average molecular weight is 390 g/mol. The van der Waals surface area contributed by atoms with E-state index in [4.69, 9.17) is 16.3 Å². The third-order valence-electron chi connectivity index (χ3n) is 4.09. The van der Waals surface area contributed by atoms with Crippen LogP contribution in [0.15, 0.2) is 36.7 Å². The summed E-state index contributed by atoms with van der Waals surface area (Å²) in [6.45, 7) is 4.45. The van der Waals surface area contributed by atoms with Crippen LogP contribution in [0.4, 0.5) is 16.4 Å². The fourth-order valence-corrected chi connectivity index (χ4v) is 2.77. The zero-order valence-electron chi connectivity index (χ0n) is 14.9. The number of carbonyl (C=O) groups is 2. The maximum atomic E-state index is 12.3. The van der Waals surface area contributed by atoms with Gasteiger partial charge in [0.15, 0.2) is 0 Å². The van der Waals surface area contributed by atoms with Gasteiger partial charge in [-0.2, -0.15) is 0 Å². The van der Waals surface area contributed by atoms with Gasteiger partial charge in [0.1, 0.15) is 0 Å². The van der Waals surface area contributed by atoms with Crippen molar-refractivity contribution in [2.45, 2.75) is 6.92 Å². The van der Waals surface area contributed by atoms with E-state index in [-0.39, 0.29) is 12.0 Å². The normalized spacial score (nSPS) is 14.0. The number of anilines is 2. The highest BCUT2D eigenvalue weighted by Gasteiger charge is 2.23. The summed E-state index contributed by atoms with van der Waals surface area (Å²) in [5.74, 6) is 0.234. The molecule has 0 radical (unpaired) electrons. The number of hydrogen-bond acceptors (Lipinski definition) is 6. The van der Waals surface area contributed by atoms with Crippen molar-refractivity contribution in [3.05, 3.63) is 47.2 Å². The first-order valence-corrected chi connectivity index (χ1v) is 9.00. The minimum Gasteiger partial charge on any atom is -0.450 e. The van der Waals surface area contributed by atoms with Crippen LogP contribution in [0.1, 0.15) is 17.3 Å². The van der Waals surface area contributed by atoms with Crippen LogP contribution in [0.25, 0.3) is 0 Å². The van der Waals surface area contributed by atoms with Crippen molar-refractivity contribution in [3.63, 3.8) is 0 Å². The molecule has 1 fully saturated rings. The Morgan fingerprint density at radius 3 is 2.33 bits per heavy atom. The van der Waals surface area contributed by atoms with Crippen LogP contribution in [-0.2, 0) is 4.74 Å². The Kier molecular flexibility index (Phi) is 6.08. The van der Waals surface area contributed by atoms with E-state index in [1.165, 1.54) is 12.4 Å². The summed E-state index contributed by atoms with van der Waals surface area (Å²) in [6, 6.07) is 6.84. The van der Waals surface area contributed by atoms with Crippen LogP contribution >= 0.6 is 11.6 Å². The Hall–Kier alpha value is -2.87. The average Bonchev–Trinajstić information content (AvgIpc) is 2.70. The number of rotatable bonds is 4. The highest BCUT2D eigenvalue weighted by atomic mass is 35.5. The molecule has 0 spiro atoms. The third-order valence-corrected chi connectivity index (χ3v) is 4.34. The quantitative estimate of drug-likeness (QED) is 0.864. The number of hydrogen-bond donors (Lipinski definition) is 1. The largest absolute Gasteiger partial charge is 0.450 e. The molecule has 0 unspecified atom stereocenters. The lowest BCUT2D eigenvalue weighted by Gasteiger charge is -2.33. The Labute approximate surface area is 162 Å². The number of benzene rings is 1. The first-order valence-electron chi connectivity index (χ1n) is 8.62. The maximum absolute atomic E-state index is 12.3. The van der Waals surface area contributed by atoms with E-state index in [0.717, 1.165) is 0 Å². The number of ether oxygens (including phenoxy) is 1. The van der Waals surface area contributed by atoms with Gasteiger partial charge in [0.05, 0.1) is 12.2 Å². The minimum atomic E-state index is -0.299. The van der Waals surface area contributed by atoms with Crippen molar-refractivity contribution in [1.29, 1.82) is 0 Å². The number of nitrogens with zero attached hydrogens (tertiary/aromatic N) is 4. The number of carbonyl (C=O) groups excluding carboxylic acids is 2. The Morgan fingerprint density at radius 2 is 1.74 bits per heavy atom. The maximum Gasteiger partial charge on any atom is 0.409 e. The second-order valence-electron chi connectivity index (χ2n) is 5.91. The van der Waals surface area contributed by atoms with Crippen LogP contribution in [0.2, 0.25) is 5.02 Å². The number of aromatic nitrogens is 2. The Bertz CT molecular complexity index is 790. The summed E-state index contributed by atoms with van der Waals surface area (Å²) < 4.78 is 5.01. The minimum absolute atomic E-state index is 0.295. The van der Waals surface area contributed by atoms with Crippen molar-refractivity contribution < 1.29 is 14.3 Å². The molecule has 0 atom stereocenters. The smallest absolute Gasteiger partial charge is 0.409 e. The van der Waals surface area contributed by atoms with Crippen molar-refractivity contribution in [1.82, 2.24) is 14.9 Å². The van der Waals surface area contributed by atoms with Crippen molar-refractivity contribution >= 4 is 35.2 Å². The molecule has 2 aromatic rings. The number of amides is 2. The Balaban J connectivity index is 1.56. The van der Waals surface area contributed by atoms with Gasteiger partial charge in [-0.05, 0) is 31.2 Å².